The number of amides is 2. The molecule has 4 rings (SSSR count). The van der Waals surface area contributed by atoms with Crippen LogP contribution in [-0.2, 0) is 11.3 Å². The fraction of sp³-hybridized carbons (Fsp3) is 0.273. The van der Waals surface area contributed by atoms with E-state index < -0.39 is 0 Å². The number of nitrogens with one attached hydrogen (secondary N) is 1. The first-order chi connectivity index (χ1) is 14.6. The van der Waals surface area contributed by atoms with Gasteiger partial charge in [0.05, 0.1) is 18.4 Å². The lowest BCUT2D eigenvalue weighted by molar-refractivity contribution is -0.121. The summed E-state index contributed by atoms with van der Waals surface area (Å²) < 4.78 is 1.65. The zero-order chi connectivity index (χ0) is 20.9. The lowest BCUT2D eigenvalue weighted by atomic mass is 9.95. The van der Waals surface area contributed by atoms with Gasteiger partial charge in [-0.05, 0) is 30.5 Å². The van der Waals surface area contributed by atoms with Crippen LogP contribution in [0.3, 0.4) is 0 Å². The van der Waals surface area contributed by atoms with E-state index in [2.05, 4.69) is 15.6 Å². The molecule has 0 saturated carbocycles. The van der Waals surface area contributed by atoms with E-state index in [4.69, 9.17) is 0 Å². The predicted octanol–water partition coefficient (Wildman–Crippen LogP) is 2.52. The van der Waals surface area contributed by atoms with Crippen LogP contribution in [0.4, 0.5) is 5.69 Å². The molecule has 8 nitrogen and oxygen atoms in total. The van der Waals surface area contributed by atoms with Gasteiger partial charge < -0.3 is 15.3 Å². The van der Waals surface area contributed by atoms with Crippen molar-refractivity contribution in [2.45, 2.75) is 19.4 Å². The number of phenols is 1. The van der Waals surface area contributed by atoms with E-state index in [1.165, 1.54) is 6.07 Å². The zero-order valence-electron chi connectivity index (χ0n) is 16.4. The van der Waals surface area contributed by atoms with Crippen LogP contribution in [0, 0.1) is 5.92 Å². The van der Waals surface area contributed by atoms with Crippen LogP contribution in [0.15, 0.2) is 60.8 Å². The normalized spacial score (nSPS) is 14.5. The number of piperidine rings is 1. The number of para-hydroxylation sites is 2. The molecule has 1 saturated heterocycles. The number of carbonyl (C=O) groups excluding carboxylic acids is 2. The highest BCUT2D eigenvalue weighted by Gasteiger charge is 2.29. The van der Waals surface area contributed by atoms with Gasteiger partial charge in [-0.1, -0.05) is 47.7 Å². The van der Waals surface area contributed by atoms with Gasteiger partial charge in [0.15, 0.2) is 5.69 Å². The lowest BCUT2D eigenvalue weighted by Crippen LogP contribution is -2.41. The van der Waals surface area contributed by atoms with Crippen molar-refractivity contribution in [1.82, 2.24) is 19.9 Å². The number of hydrogen-bond donors (Lipinski definition) is 2. The summed E-state index contributed by atoms with van der Waals surface area (Å²) in [5, 5.41) is 20.7. The van der Waals surface area contributed by atoms with Gasteiger partial charge in [0.25, 0.3) is 5.91 Å². The fourth-order valence-electron chi connectivity index (χ4n) is 3.57. The number of aromatic hydroxyl groups is 1. The SMILES string of the molecule is O=C(Nc1ccccc1O)C1CCN(C(=O)c2cn(Cc3ccccc3)nn2)CC1. The van der Waals surface area contributed by atoms with Gasteiger partial charge >= 0.3 is 0 Å². The van der Waals surface area contributed by atoms with E-state index in [-0.39, 0.29) is 23.5 Å². The summed E-state index contributed by atoms with van der Waals surface area (Å²) in [7, 11) is 0. The maximum absolute atomic E-state index is 12.8. The molecule has 1 fully saturated rings. The molecule has 2 amide bonds. The Morgan fingerprint density at radius 2 is 1.73 bits per heavy atom. The molecular formula is C22H23N5O3. The highest BCUT2D eigenvalue weighted by Crippen LogP contribution is 2.25. The van der Waals surface area contributed by atoms with Gasteiger partial charge in [0.2, 0.25) is 5.91 Å². The van der Waals surface area contributed by atoms with Crippen LogP contribution in [0.5, 0.6) is 5.75 Å². The van der Waals surface area contributed by atoms with Gasteiger partial charge in [-0.15, -0.1) is 5.10 Å². The van der Waals surface area contributed by atoms with Crippen LogP contribution in [0.2, 0.25) is 0 Å². The molecule has 2 aromatic carbocycles. The second-order valence-corrected chi connectivity index (χ2v) is 7.36. The molecule has 154 valence electrons. The number of carbonyl (C=O) groups is 2. The van der Waals surface area contributed by atoms with Gasteiger partial charge in [-0.3, -0.25) is 9.59 Å². The number of rotatable bonds is 5. The summed E-state index contributed by atoms with van der Waals surface area (Å²) in [5.41, 5.74) is 1.79. The number of likely N-dealkylation sites (tertiary alicyclic amines) is 1. The van der Waals surface area contributed by atoms with Gasteiger partial charge in [0.1, 0.15) is 5.75 Å². The van der Waals surface area contributed by atoms with Gasteiger partial charge in [0, 0.05) is 19.0 Å². The molecule has 0 bridgehead atoms. The first-order valence-electron chi connectivity index (χ1n) is 9.92. The van der Waals surface area contributed by atoms with E-state index in [0.29, 0.717) is 43.9 Å². The second kappa shape index (κ2) is 8.77. The molecule has 0 radical (unpaired) electrons. The molecule has 0 atom stereocenters. The number of hydrogen-bond acceptors (Lipinski definition) is 5. The summed E-state index contributed by atoms with van der Waals surface area (Å²) in [6.07, 6.45) is 2.78. The average molecular weight is 405 g/mol. The molecule has 0 spiro atoms. The first kappa shape index (κ1) is 19.6. The summed E-state index contributed by atoms with van der Waals surface area (Å²) in [6.45, 7) is 1.50. The number of nitrogens with zero attached hydrogens (tertiary/aromatic N) is 4. The molecule has 1 aliphatic rings. The van der Waals surface area contributed by atoms with Crippen molar-refractivity contribution >= 4 is 17.5 Å². The molecule has 3 aromatic rings. The standard InChI is InChI=1S/C22H23N5O3/c28-20-9-5-4-8-18(20)23-21(29)17-10-12-26(13-11-17)22(30)19-15-27(25-24-19)14-16-6-2-1-3-7-16/h1-9,15,17,28H,10-14H2,(H,23,29). The number of benzene rings is 2. The molecule has 1 aromatic heterocycles. The average Bonchev–Trinajstić information content (AvgIpc) is 3.24. The van der Waals surface area contributed by atoms with Crippen LogP contribution in [0.25, 0.3) is 0 Å². The Morgan fingerprint density at radius 3 is 2.47 bits per heavy atom. The number of aromatic nitrogens is 3. The Bertz CT molecular complexity index is 1030. The third kappa shape index (κ3) is 4.48. The monoisotopic (exact) mass is 405 g/mol. The Hall–Kier alpha value is -3.68. The molecule has 2 heterocycles. The molecule has 1 aliphatic heterocycles. The summed E-state index contributed by atoms with van der Waals surface area (Å²) in [5.74, 6) is -0.481. The topological polar surface area (TPSA) is 100 Å². The van der Waals surface area contributed by atoms with Gasteiger partial charge in [-0.2, -0.15) is 0 Å². The third-order valence-electron chi connectivity index (χ3n) is 5.26. The minimum Gasteiger partial charge on any atom is -0.506 e. The Kier molecular flexibility index (Phi) is 5.74. The maximum Gasteiger partial charge on any atom is 0.276 e. The van der Waals surface area contributed by atoms with Crippen molar-refractivity contribution in [2.75, 3.05) is 18.4 Å². The maximum atomic E-state index is 12.8. The van der Waals surface area contributed by atoms with Crippen molar-refractivity contribution in [3.05, 3.63) is 72.1 Å². The van der Waals surface area contributed by atoms with Crippen molar-refractivity contribution < 1.29 is 14.7 Å². The largest absolute Gasteiger partial charge is 0.506 e. The van der Waals surface area contributed by atoms with Crippen molar-refractivity contribution in [3.8, 4) is 5.75 Å². The van der Waals surface area contributed by atoms with E-state index >= 15 is 0 Å². The molecular weight excluding hydrogens is 382 g/mol. The van der Waals surface area contributed by atoms with E-state index in [1.807, 2.05) is 30.3 Å². The van der Waals surface area contributed by atoms with E-state index in [9.17, 15) is 14.7 Å². The van der Waals surface area contributed by atoms with E-state index in [0.717, 1.165) is 5.56 Å². The summed E-state index contributed by atoms with van der Waals surface area (Å²) in [4.78, 5) is 27.0. The van der Waals surface area contributed by atoms with Crippen LogP contribution in [-0.4, -0.2) is 49.9 Å². The van der Waals surface area contributed by atoms with Crippen molar-refractivity contribution in [1.29, 1.82) is 0 Å². The van der Waals surface area contributed by atoms with Crippen molar-refractivity contribution in [3.63, 3.8) is 0 Å². The molecule has 8 heteroatoms. The molecule has 30 heavy (non-hydrogen) atoms. The minimum absolute atomic E-state index is 0.0389. The molecule has 0 unspecified atom stereocenters. The van der Waals surface area contributed by atoms with Gasteiger partial charge in [-0.25, -0.2) is 4.68 Å². The Balaban J connectivity index is 1.31. The Morgan fingerprint density at radius 1 is 1.03 bits per heavy atom. The summed E-state index contributed by atoms with van der Waals surface area (Å²) in [6, 6.07) is 16.5. The fourth-order valence-corrected chi connectivity index (χ4v) is 3.57. The quantitative estimate of drug-likeness (QED) is 0.636. The van der Waals surface area contributed by atoms with Crippen LogP contribution < -0.4 is 5.32 Å². The Labute approximate surface area is 174 Å². The van der Waals surface area contributed by atoms with Crippen LogP contribution in [0.1, 0.15) is 28.9 Å². The molecule has 2 N–H and O–H groups in total. The van der Waals surface area contributed by atoms with Crippen LogP contribution >= 0.6 is 0 Å². The third-order valence-corrected chi connectivity index (χ3v) is 5.26. The lowest BCUT2D eigenvalue weighted by Gasteiger charge is -2.30. The number of phenolic OH excluding ortho intramolecular Hbond substituents is 1. The first-order valence-corrected chi connectivity index (χ1v) is 9.92. The smallest absolute Gasteiger partial charge is 0.276 e. The number of anilines is 1. The second-order valence-electron chi connectivity index (χ2n) is 7.36. The van der Waals surface area contributed by atoms with Crippen molar-refractivity contribution in [2.24, 2.45) is 5.92 Å². The van der Waals surface area contributed by atoms with E-state index in [1.54, 1.807) is 34.0 Å². The highest BCUT2D eigenvalue weighted by atomic mass is 16.3. The predicted molar refractivity (Wildman–Crippen MR) is 111 cm³/mol. The zero-order valence-corrected chi connectivity index (χ0v) is 16.4. The molecule has 0 aliphatic carbocycles. The summed E-state index contributed by atoms with van der Waals surface area (Å²) >= 11 is 0. The highest BCUT2D eigenvalue weighted by molar-refractivity contribution is 5.95. The minimum atomic E-state index is -0.206.